The Kier molecular flexibility index (Phi) is 4.94. The lowest BCUT2D eigenvalue weighted by molar-refractivity contribution is 0.0609. The molecule has 1 aromatic rings. The van der Waals surface area contributed by atoms with E-state index < -0.39 is 0 Å². The standard InChI is InChI=1S/C14H17Cl2NO2/c15-7-6-11-3-1-2-8-17(11)14(19)10-4-5-13(18)12(16)9-10/h4-5,9,11,18H,1-3,6-8H2. The van der Waals surface area contributed by atoms with E-state index in [0.717, 1.165) is 32.2 Å². The molecule has 0 radical (unpaired) electrons. The van der Waals surface area contributed by atoms with Gasteiger partial charge in [0.25, 0.3) is 5.91 Å². The van der Waals surface area contributed by atoms with Gasteiger partial charge in [0.2, 0.25) is 0 Å². The summed E-state index contributed by atoms with van der Waals surface area (Å²) >= 11 is 11.7. The highest BCUT2D eigenvalue weighted by molar-refractivity contribution is 6.32. The molecule has 1 aliphatic heterocycles. The summed E-state index contributed by atoms with van der Waals surface area (Å²) in [6.45, 7) is 0.763. The molecule has 0 saturated carbocycles. The van der Waals surface area contributed by atoms with Gasteiger partial charge >= 0.3 is 0 Å². The fourth-order valence-electron chi connectivity index (χ4n) is 2.50. The van der Waals surface area contributed by atoms with Crippen molar-refractivity contribution in [3.8, 4) is 5.75 Å². The number of halogens is 2. The summed E-state index contributed by atoms with van der Waals surface area (Å²) in [6, 6.07) is 4.80. The van der Waals surface area contributed by atoms with Crippen molar-refractivity contribution in [2.45, 2.75) is 31.7 Å². The zero-order chi connectivity index (χ0) is 13.8. The van der Waals surface area contributed by atoms with Crippen molar-refractivity contribution in [1.29, 1.82) is 0 Å². The number of aromatic hydroxyl groups is 1. The highest BCUT2D eigenvalue weighted by Gasteiger charge is 2.27. The molecule has 1 saturated heterocycles. The van der Waals surface area contributed by atoms with Crippen LogP contribution in [-0.4, -0.2) is 34.4 Å². The molecule has 1 heterocycles. The van der Waals surface area contributed by atoms with E-state index in [9.17, 15) is 9.90 Å². The number of alkyl halides is 1. The van der Waals surface area contributed by atoms with Gasteiger partial charge in [-0.25, -0.2) is 0 Å². The lowest BCUT2D eigenvalue weighted by Crippen LogP contribution is -2.43. The molecule has 2 rings (SSSR count). The van der Waals surface area contributed by atoms with Crippen LogP contribution in [0.3, 0.4) is 0 Å². The molecule has 5 heteroatoms. The third kappa shape index (κ3) is 3.34. The number of piperidine rings is 1. The minimum absolute atomic E-state index is 0.00540. The average molecular weight is 302 g/mol. The second kappa shape index (κ2) is 6.49. The van der Waals surface area contributed by atoms with E-state index in [1.807, 2.05) is 4.90 Å². The molecule has 104 valence electrons. The Morgan fingerprint density at radius 3 is 2.89 bits per heavy atom. The van der Waals surface area contributed by atoms with E-state index in [2.05, 4.69) is 0 Å². The molecule has 0 aromatic heterocycles. The second-order valence-electron chi connectivity index (χ2n) is 4.79. The summed E-state index contributed by atoms with van der Waals surface area (Å²) in [5.74, 6) is 0.524. The van der Waals surface area contributed by atoms with Gasteiger partial charge in [0.15, 0.2) is 0 Å². The molecule has 19 heavy (non-hydrogen) atoms. The molecule has 1 N–H and O–H groups in total. The van der Waals surface area contributed by atoms with Gasteiger partial charge in [0.05, 0.1) is 5.02 Å². The number of carbonyl (C=O) groups is 1. The number of rotatable bonds is 3. The normalized spacial score (nSPS) is 19.5. The van der Waals surface area contributed by atoms with Crippen LogP contribution in [0, 0.1) is 0 Å². The molecule has 1 fully saturated rings. The zero-order valence-corrected chi connectivity index (χ0v) is 12.1. The Hall–Kier alpha value is -0.930. The summed E-state index contributed by atoms with van der Waals surface area (Å²) in [4.78, 5) is 14.4. The first-order valence-electron chi connectivity index (χ1n) is 6.49. The van der Waals surface area contributed by atoms with Crippen LogP contribution in [0.15, 0.2) is 18.2 Å². The number of nitrogens with zero attached hydrogens (tertiary/aromatic N) is 1. The average Bonchev–Trinajstić information content (AvgIpc) is 2.42. The van der Waals surface area contributed by atoms with Crippen molar-refractivity contribution in [2.24, 2.45) is 0 Å². The minimum Gasteiger partial charge on any atom is -0.506 e. The number of amides is 1. The third-order valence-corrected chi connectivity index (χ3v) is 4.05. The predicted molar refractivity (Wildman–Crippen MR) is 77.1 cm³/mol. The zero-order valence-electron chi connectivity index (χ0n) is 10.6. The van der Waals surface area contributed by atoms with E-state index in [4.69, 9.17) is 23.2 Å². The Labute approximate surface area is 123 Å². The van der Waals surface area contributed by atoms with Gasteiger partial charge in [-0.15, -0.1) is 11.6 Å². The quantitative estimate of drug-likeness (QED) is 0.865. The van der Waals surface area contributed by atoms with E-state index in [1.165, 1.54) is 12.1 Å². The van der Waals surface area contributed by atoms with Crippen LogP contribution in [0.25, 0.3) is 0 Å². The van der Waals surface area contributed by atoms with Crippen molar-refractivity contribution in [3.05, 3.63) is 28.8 Å². The smallest absolute Gasteiger partial charge is 0.254 e. The molecular formula is C14H17Cl2NO2. The van der Waals surface area contributed by atoms with Gasteiger partial charge in [-0.05, 0) is 43.9 Å². The number of carbonyl (C=O) groups excluding carboxylic acids is 1. The van der Waals surface area contributed by atoms with Gasteiger partial charge in [-0.2, -0.15) is 0 Å². The Morgan fingerprint density at radius 2 is 2.21 bits per heavy atom. The lowest BCUT2D eigenvalue weighted by atomic mass is 9.99. The number of likely N-dealkylation sites (tertiary alicyclic amines) is 1. The molecule has 0 bridgehead atoms. The SMILES string of the molecule is O=C(c1ccc(O)c(Cl)c1)N1CCCCC1CCCl. The fraction of sp³-hybridized carbons (Fsp3) is 0.500. The Morgan fingerprint density at radius 1 is 1.42 bits per heavy atom. The van der Waals surface area contributed by atoms with Crippen LogP contribution < -0.4 is 0 Å². The maximum Gasteiger partial charge on any atom is 0.254 e. The van der Waals surface area contributed by atoms with Crippen LogP contribution in [0.5, 0.6) is 5.75 Å². The van der Waals surface area contributed by atoms with E-state index >= 15 is 0 Å². The molecule has 1 aliphatic rings. The Balaban J connectivity index is 2.18. The van der Waals surface area contributed by atoms with Crippen LogP contribution >= 0.6 is 23.2 Å². The molecule has 3 nitrogen and oxygen atoms in total. The topological polar surface area (TPSA) is 40.5 Å². The number of phenols is 1. The van der Waals surface area contributed by atoms with E-state index in [0.29, 0.717) is 11.4 Å². The molecule has 0 spiro atoms. The van der Waals surface area contributed by atoms with Gasteiger partial charge in [-0.3, -0.25) is 4.79 Å². The van der Waals surface area contributed by atoms with E-state index in [-0.39, 0.29) is 22.7 Å². The lowest BCUT2D eigenvalue weighted by Gasteiger charge is -2.35. The number of hydrogen-bond donors (Lipinski definition) is 1. The molecule has 1 unspecified atom stereocenters. The van der Waals surface area contributed by atoms with Crippen molar-refractivity contribution in [2.75, 3.05) is 12.4 Å². The van der Waals surface area contributed by atoms with Gasteiger partial charge in [0.1, 0.15) is 5.75 Å². The fourth-order valence-corrected chi connectivity index (χ4v) is 2.93. The minimum atomic E-state index is -0.0308. The number of hydrogen-bond acceptors (Lipinski definition) is 2. The van der Waals surface area contributed by atoms with Crippen LogP contribution in [-0.2, 0) is 0 Å². The number of phenolic OH excluding ortho intramolecular Hbond substituents is 1. The first kappa shape index (κ1) is 14.5. The van der Waals surface area contributed by atoms with Crippen LogP contribution in [0.2, 0.25) is 5.02 Å². The molecule has 1 aromatic carbocycles. The monoisotopic (exact) mass is 301 g/mol. The highest BCUT2D eigenvalue weighted by Crippen LogP contribution is 2.27. The second-order valence-corrected chi connectivity index (χ2v) is 5.58. The molecule has 0 aliphatic carbocycles. The highest BCUT2D eigenvalue weighted by atomic mass is 35.5. The van der Waals surface area contributed by atoms with Gasteiger partial charge in [-0.1, -0.05) is 11.6 Å². The van der Waals surface area contributed by atoms with Crippen molar-refractivity contribution in [3.63, 3.8) is 0 Å². The first-order chi connectivity index (χ1) is 9.13. The summed E-state index contributed by atoms with van der Waals surface area (Å²) in [6.07, 6.45) is 3.99. The van der Waals surface area contributed by atoms with Gasteiger partial charge in [0, 0.05) is 24.0 Å². The molecule has 1 amide bonds. The molecule has 1 atom stereocenters. The van der Waals surface area contributed by atoms with Crippen LogP contribution in [0.4, 0.5) is 0 Å². The summed E-state index contributed by atoms with van der Waals surface area (Å²) in [7, 11) is 0. The van der Waals surface area contributed by atoms with Crippen molar-refractivity contribution >= 4 is 29.1 Å². The van der Waals surface area contributed by atoms with Gasteiger partial charge < -0.3 is 10.0 Å². The summed E-state index contributed by atoms with van der Waals surface area (Å²) in [5, 5.41) is 9.60. The van der Waals surface area contributed by atoms with Crippen molar-refractivity contribution < 1.29 is 9.90 Å². The maximum atomic E-state index is 12.5. The number of benzene rings is 1. The Bertz CT molecular complexity index is 463. The maximum absolute atomic E-state index is 12.5. The first-order valence-corrected chi connectivity index (χ1v) is 7.40. The van der Waals surface area contributed by atoms with E-state index in [1.54, 1.807) is 6.07 Å². The third-order valence-electron chi connectivity index (χ3n) is 3.52. The largest absolute Gasteiger partial charge is 0.506 e. The van der Waals surface area contributed by atoms with Crippen molar-refractivity contribution in [1.82, 2.24) is 4.90 Å². The molecular weight excluding hydrogens is 285 g/mol. The van der Waals surface area contributed by atoms with Crippen LogP contribution in [0.1, 0.15) is 36.0 Å². The predicted octanol–water partition coefficient (Wildman–Crippen LogP) is 3.67. The summed E-state index contributed by atoms with van der Waals surface area (Å²) < 4.78 is 0. The summed E-state index contributed by atoms with van der Waals surface area (Å²) in [5.41, 5.74) is 0.518.